The van der Waals surface area contributed by atoms with Gasteiger partial charge in [0.25, 0.3) is 0 Å². The van der Waals surface area contributed by atoms with E-state index in [9.17, 15) is 19.2 Å². The van der Waals surface area contributed by atoms with Crippen LogP contribution < -0.4 is 5.32 Å². The lowest BCUT2D eigenvalue weighted by Gasteiger charge is -2.39. The van der Waals surface area contributed by atoms with Crippen LogP contribution in [0.2, 0.25) is 0 Å². The SMILES string of the molecule is CCC.COC(=O)C1CCCN1C(=O)/C(C)=C/C(C)N(C)C(=O)C(NC(=O)C1CCCCN1C(C)C)C(C)C. The van der Waals surface area contributed by atoms with Crippen molar-refractivity contribution in [2.24, 2.45) is 5.92 Å². The topological polar surface area (TPSA) is 99.3 Å². The zero-order valence-corrected chi connectivity index (χ0v) is 26.1. The molecule has 39 heavy (non-hydrogen) atoms. The lowest BCUT2D eigenvalue weighted by Crippen LogP contribution is -2.58. The number of methoxy groups -OCH3 is 1. The van der Waals surface area contributed by atoms with E-state index in [0.29, 0.717) is 18.5 Å². The number of nitrogens with one attached hydrogen (secondary N) is 1. The number of hydrogen-bond acceptors (Lipinski definition) is 6. The normalized spacial score (nSPS) is 21.6. The smallest absolute Gasteiger partial charge is 0.328 e. The van der Waals surface area contributed by atoms with Gasteiger partial charge < -0.3 is 19.9 Å². The number of piperidine rings is 1. The van der Waals surface area contributed by atoms with Gasteiger partial charge in [0.1, 0.15) is 12.1 Å². The number of rotatable bonds is 9. The average Bonchev–Trinajstić information content (AvgIpc) is 3.40. The van der Waals surface area contributed by atoms with Crippen molar-refractivity contribution in [2.75, 3.05) is 27.2 Å². The Hall–Kier alpha value is -2.42. The first-order chi connectivity index (χ1) is 18.3. The van der Waals surface area contributed by atoms with Crippen molar-refractivity contribution < 1.29 is 23.9 Å². The molecule has 2 heterocycles. The Morgan fingerprint density at radius 1 is 0.974 bits per heavy atom. The average molecular weight is 551 g/mol. The van der Waals surface area contributed by atoms with Crippen LogP contribution in [0.15, 0.2) is 11.6 Å². The number of likely N-dealkylation sites (tertiary alicyclic amines) is 2. The van der Waals surface area contributed by atoms with Crippen molar-refractivity contribution in [3.05, 3.63) is 11.6 Å². The molecule has 0 aromatic heterocycles. The zero-order valence-electron chi connectivity index (χ0n) is 26.1. The number of esters is 1. The molecule has 0 saturated carbocycles. The molecule has 9 heteroatoms. The summed E-state index contributed by atoms with van der Waals surface area (Å²) >= 11 is 0. The molecule has 0 radical (unpaired) electrons. The number of hydrogen-bond donors (Lipinski definition) is 1. The Morgan fingerprint density at radius 2 is 1.56 bits per heavy atom. The van der Waals surface area contributed by atoms with Crippen molar-refractivity contribution in [3.63, 3.8) is 0 Å². The highest BCUT2D eigenvalue weighted by molar-refractivity contribution is 5.96. The maximum atomic E-state index is 13.5. The van der Waals surface area contributed by atoms with Gasteiger partial charge in [0.2, 0.25) is 17.7 Å². The molecule has 2 rings (SSSR count). The van der Waals surface area contributed by atoms with E-state index in [0.717, 1.165) is 32.2 Å². The van der Waals surface area contributed by atoms with Crippen LogP contribution in [0.4, 0.5) is 0 Å². The molecule has 2 saturated heterocycles. The molecule has 224 valence electrons. The molecule has 0 aliphatic carbocycles. The van der Waals surface area contributed by atoms with Gasteiger partial charge in [0, 0.05) is 31.2 Å². The maximum absolute atomic E-state index is 13.5. The van der Waals surface area contributed by atoms with Crippen LogP contribution in [0.1, 0.15) is 93.9 Å². The van der Waals surface area contributed by atoms with Crippen molar-refractivity contribution in [1.82, 2.24) is 20.0 Å². The van der Waals surface area contributed by atoms with E-state index in [2.05, 4.69) is 37.9 Å². The summed E-state index contributed by atoms with van der Waals surface area (Å²) in [4.78, 5) is 57.1. The van der Waals surface area contributed by atoms with Gasteiger partial charge in [0.05, 0.1) is 13.2 Å². The second kappa shape index (κ2) is 16.6. The van der Waals surface area contributed by atoms with Gasteiger partial charge in [-0.05, 0) is 65.8 Å². The van der Waals surface area contributed by atoms with Gasteiger partial charge >= 0.3 is 5.97 Å². The first-order valence-corrected chi connectivity index (χ1v) is 14.7. The Bertz CT molecular complexity index is 856. The summed E-state index contributed by atoms with van der Waals surface area (Å²) in [6.07, 6.45) is 7.21. The summed E-state index contributed by atoms with van der Waals surface area (Å²) in [6, 6.07) is -1.56. The van der Waals surface area contributed by atoms with Crippen LogP contribution in [0, 0.1) is 5.92 Å². The molecule has 3 amide bonds. The van der Waals surface area contributed by atoms with Gasteiger partial charge in [-0.1, -0.05) is 46.6 Å². The molecule has 0 aromatic carbocycles. The van der Waals surface area contributed by atoms with E-state index < -0.39 is 18.1 Å². The lowest BCUT2D eigenvalue weighted by molar-refractivity contribution is -0.149. The second-order valence-electron chi connectivity index (χ2n) is 11.5. The predicted octanol–water partition coefficient (Wildman–Crippen LogP) is 3.76. The Kier molecular flexibility index (Phi) is 14.8. The Labute approximate surface area is 236 Å². The predicted molar refractivity (Wildman–Crippen MR) is 155 cm³/mol. The Balaban J connectivity index is 0.00000242. The van der Waals surface area contributed by atoms with Gasteiger partial charge in [-0.3, -0.25) is 19.3 Å². The van der Waals surface area contributed by atoms with Crippen LogP contribution in [0.5, 0.6) is 0 Å². The van der Waals surface area contributed by atoms with Crippen molar-refractivity contribution in [2.45, 2.75) is 124 Å². The fourth-order valence-corrected chi connectivity index (χ4v) is 5.20. The van der Waals surface area contributed by atoms with Crippen LogP contribution in [0.3, 0.4) is 0 Å². The number of ether oxygens (including phenoxy) is 1. The summed E-state index contributed by atoms with van der Waals surface area (Å²) in [6.45, 7) is 17.2. The van der Waals surface area contributed by atoms with Gasteiger partial charge in [0.15, 0.2) is 0 Å². The lowest BCUT2D eigenvalue weighted by atomic mass is 9.97. The third kappa shape index (κ3) is 9.62. The quantitative estimate of drug-likeness (QED) is 0.347. The summed E-state index contributed by atoms with van der Waals surface area (Å²) in [7, 11) is 3.02. The van der Waals surface area contributed by atoms with E-state index in [1.807, 2.05) is 20.8 Å². The molecular formula is C30H54N4O5. The van der Waals surface area contributed by atoms with E-state index >= 15 is 0 Å². The van der Waals surface area contributed by atoms with Crippen molar-refractivity contribution in [1.29, 1.82) is 0 Å². The van der Waals surface area contributed by atoms with E-state index in [4.69, 9.17) is 4.74 Å². The highest BCUT2D eigenvalue weighted by Gasteiger charge is 2.37. The number of nitrogens with zero attached hydrogens (tertiary/aromatic N) is 3. The molecule has 4 unspecified atom stereocenters. The summed E-state index contributed by atoms with van der Waals surface area (Å²) in [5.74, 6) is -1.01. The fourth-order valence-electron chi connectivity index (χ4n) is 5.20. The van der Waals surface area contributed by atoms with Crippen molar-refractivity contribution >= 4 is 23.7 Å². The second-order valence-corrected chi connectivity index (χ2v) is 11.5. The third-order valence-electron chi connectivity index (χ3n) is 7.51. The monoisotopic (exact) mass is 550 g/mol. The van der Waals surface area contributed by atoms with Crippen LogP contribution in [0.25, 0.3) is 0 Å². The van der Waals surface area contributed by atoms with Gasteiger partial charge in [-0.2, -0.15) is 0 Å². The first-order valence-electron chi connectivity index (χ1n) is 14.7. The molecule has 0 bridgehead atoms. The third-order valence-corrected chi connectivity index (χ3v) is 7.51. The summed E-state index contributed by atoms with van der Waals surface area (Å²) < 4.78 is 4.85. The molecule has 1 N–H and O–H groups in total. The molecular weight excluding hydrogens is 496 g/mol. The standard InChI is InChI=1S/C27H46N4O5.C3H8/c1-17(2)23(28-24(32)21-12-9-10-14-30(21)18(3)4)26(34)29(7)20(6)16-19(5)25(33)31-15-11-13-22(31)27(35)36-8;1-3-2/h16-18,20-23H,9-15H2,1-8H3,(H,28,32);3H2,1-2H3/b19-16+;. The number of amides is 3. The highest BCUT2D eigenvalue weighted by Crippen LogP contribution is 2.22. The van der Waals surface area contributed by atoms with E-state index in [-0.39, 0.29) is 41.8 Å². The molecule has 0 spiro atoms. The minimum atomic E-state index is -0.660. The summed E-state index contributed by atoms with van der Waals surface area (Å²) in [5.41, 5.74) is 0.470. The molecule has 2 aliphatic rings. The van der Waals surface area contributed by atoms with Crippen LogP contribution in [-0.2, 0) is 23.9 Å². The Morgan fingerprint density at radius 3 is 2.10 bits per heavy atom. The first kappa shape index (κ1) is 34.6. The number of likely N-dealkylation sites (N-methyl/N-ethyl adjacent to an activating group) is 1. The van der Waals surface area contributed by atoms with Gasteiger partial charge in [-0.15, -0.1) is 0 Å². The maximum Gasteiger partial charge on any atom is 0.328 e. The molecule has 4 atom stereocenters. The number of carbonyl (C=O) groups is 4. The fraction of sp³-hybridized carbons (Fsp3) is 0.800. The largest absolute Gasteiger partial charge is 0.467 e. The van der Waals surface area contributed by atoms with Crippen molar-refractivity contribution in [3.8, 4) is 0 Å². The van der Waals surface area contributed by atoms with E-state index in [1.54, 1.807) is 29.8 Å². The minimum absolute atomic E-state index is 0.0932. The van der Waals surface area contributed by atoms with Gasteiger partial charge in [-0.25, -0.2) is 4.79 Å². The van der Waals surface area contributed by atoms with E-state index in [1.165, 1.54) is 13.5 Å². The highest BCUT2D eigenvalue weighted by atomic mass is 16.5. The van der Waals surface area contributed by atoms with Crippen LogP contribution in [-0.4, -0.2) is 95.8 Å². The number of carbonyl (C=O) groups excluding carboxylic acids is 4. The van der Waals surface area contributed by atoms with Crippen LogP contribution >= 0.6 is 0 Å². The zero-order chi connectivity index (χ0) is 29.9. The minimum Gasteiger partial charge on any atom is -0.467 e. The molecule has 2 fully saturated rings. The summed E-state index contributed by atoms with van der Waals surface area (Å²) in [5, 5.41) is 3.03. The molecule has 0 aromatic rings. The molecule has 9 nitrogen and oxygen atoms in total. The molecule has 2 aliphatic heterocycles.